The molecule has 2 aromatic carbocycles. The molecule has 1 fully saturated rings. The van der Waals surface area contributed by atoms with Crippen LogP contribution in [0.15, 0.2) is 42.5 Å². The third-order valence-corrected chi connectivity index (χ3v) is 7.40. The molecule has 1 heterocycles. The van der Waals surface area contributed by atoms with Crippen molar-refractivity contribution in [3.05, 3.63) is 53.6 Å². The topological polar surface area (TPSA) is 42.0 Å². The van der Waals surface area contributed by atoms with E-state index in [1.54, 1.807) is 26.0 Å². The van der Waals surface area contributed by atoms with Crippen LogP contribution in [0.4, 0.5) is 5.69 Å². The summed E-state index contributed by atoms with van der Waals surface area (Å²) in [6.45, 7) is 3.18. The lowest BCUT2D eigenvalue weighted by Crippen LogP contribution is -2.49. The number of ether oxygens (including phenoxy) is 2. The van der Waals surface area contributed by atoms with Crippen LogP contribution in [0.5, 0.6) is 11.5 Å². The number of para-hydroxylation sites is 2. The molecule has 4 rings (SSSR count). The van der Waals surface area contributed by atoms with Crippen LogP contribution in [0.3, 0.4) is 0 Å². The van der Waals surface area contributed by atoms with Crippen LogP contribution >= 0.6 is 11.8 Å². The molecular weight excluding hydrogens is 396 g/mol. The van der Waals surface area contributed by atoms with Crippen LogP contribution in [0.25, 0.3) is 0 Å². The molecule has 0 bridgehead atoms. The van der Waals surface area contributed by atoms with E-state index >= 15 is 0 Å². The number of amides is 1. The molecule has 0 saturated carbocycles. The van der Waals surface area contributed by atoms with Crippen molar-refractivity contribution in [2.24, 2.45) is 0 Å². The second kappa shape index (κ2) is 9.65. The number of anilines is 1. The molecule has 5 nitrogen and oxygen atoms in total. The molecule has 6 heteroatoms. The fourth-order valence-electron chi connectivity index (χ4n) is 4.49. The second-order valence-corrected chi connectivity index (χ2v) is 8.95. The first-order valence-corrected chi connectivity index (χ1v) is 11.7. The van der Waals surface area contributed by atoms with Gasteiger partial charge in [0.1, 0.15) is 11.5 Å². The van der Waals surface area contributed by atoms with Crippen molar-refractivity contribution in [1.82, 2.24) is 4.90 Å². The number of carbonyl (C=O) groups is 1. The van der Waals surface area contributed by atoms with Crippen molar-refractivity contribution >= 4 is 23.4 Å². The van der Waals surface area contributed by atoms with Gasteiger partial charge in [-0.1, -0.05) is 24.3 Å². The maximum absolute atomic E-state index is 12.9. The van der Waals surface area contributed by atoms with E-state index in [1.807, 2.05) is 29.2 Å². The highest BCUT2D eigenvalue weighted by Crippen LogP contribution is 2.42. The molecule has 0 N–H and O–H groups in total. The zero-order valence-corrected chi connectivity index (χ0v) is 18.6. The maximum Gasteiger partial charge on any atom is 0.232 e. The highest BCUT2D eigenvalue weighted by atomic mass is 32.2. The lowest BCUT2D eigenvalue weighted by atomic mass is 9.90. The molecule has 1 atom stereocenters. The number of fused-ring (bicyclic) bond motifs is 1. The largest absolute Gasteiger partial charge is 0.496 e. The van der Waals surface area contributed by atoms with Gasteiger partial charge in [-0.2, -0.15) is 0 Å². The number of thioether (sulfide) groups is 1. The van der Waals surface area contributed by atoms with Gasteiger partial charge < -0.3 is 19.3 Å². The smallest absolute Gasteiger partial charge is 0.232 e. The van der Waals surface area contributed by atoms with E-state index < -0.39 is 0 Å². The Kier molecular flexibility index (Phi) is 6.72. The van der Waals surface area contributed by atoms with Gasteiger partial charge in [0.25, 0.3) is 0 Å². The fraction of sp³-hybridized carbons (Fsp3) is 0.458. The normalized spacial score (nSPS) is 18.7. The standard InChI is InChI=1S/C24H30N2O3S/c1-28-21-11-5-8-19-18(21)7-6-12-23(19)30-17-24(27)26-15-13-25(14-16-26)20-9-3-4-10-22(20)29-2/h3-5,8-11,23H,6-7,12-17H2,1-2H3. The van der Waals surface area contributed by atoms with Crippen molar-refractivity contribution in [2.75, 3.05) is 51.1 Å². The Bertz CT molecular complexity index is 881. The predicted octanol–water partition coefficient (Wildman–Crippen LogP) is 4.16. The third kappa shape index (κ3) is 4.38. The minimum absolute atomic E-state index is 0.245. The van der Waals surface area contributed by atoms with Crippen molar-refractivity contribution in [2.45, 2.75) is 24.5 Å². The number of hydrogen-bond donors (Lipinski definition) is 0. The SMILES string of the molecule is COc1ccccc1N1CCN(C(=O)CSC2CCCc3c(OC)cccc32)CC1. The van der Waals surface area contributed by atoms with Gasteiger partial charge in [-0.15, -0.1) is 11.8 Å². The van der Waals surface area contributed by atoms with Crippen molar-refractivity contribution in [3.8, 4) is 11.5 Å². The van der Waals surface area contributed by atoms with Gasteiger partial charge in [0.15, 0.2) is 0 Å². The molecule has 30 heavy (non-hydrogen) atoms. The molecule has 160 valence electrons. The molecule has 2 aromatic rings. The number of carbonyl (C=O) groups excluding carboxylic acids is 1. The van der Waals surface area contributed by atoms with Gasteiger partial charge in [-0.05, 0) is 48.6 Å². The maximum atomic E-state index is 12.9. The summed E-state index contributed by atoms with van der Waals surface area (Å²) in [4.78, 5) is 17.2. The van der Waals surface area contributed by atoms with E-state index in [0.717, 1.165) is 62.6 Å². The van der Waals surface area contributed by atoms with E-state index in [2.05, 4.69) is 23.1 Å². The summed E-state index contributed by atoms with van der Waals surface area (Å²) in [6.07, 6.45) is 3.34. The molecule has 1 aliphatic heterocycles. The van der Waals surface area contributed by atoms with E-state index in [1.165, 1.54) is 11.1 Å². The molecule has 1 aliphatic carbocycles. The lowest BCUT2D eigenvalue weighted by molar-refractivity contribution is -0.128. The average molecular weight is 427 g/mol. The van der Waals surface area contributed by atoms with Gasteiger partial charge in [0.05, 0.1) is 25.7 Å². The first-order chi connectivity index (χ1) is 14.7. The van der Waals surface area contributed by atoms with Crippen LogP contribution in [0.1, 0.15) is 29.2 Å². The Balaban J connectivity index is 1.32. The zero-order valence-electron chi connectivity index (χ0n) is 17.8. The van der Waals surface area contributed by atoms with Crippen LogP contribution in [-0.4, -0.2) is 57.0 Å². The highest BCUT2D eigenvalue weighted by Gasteiger charge is 2.26. The zero-order chi connectivity index (χ0) is 20.9. The first-order valence-electron chi connectivity index (χ1n) is 10.6. The summed E-state index contributed by atoms with van der Waals surface area (Å²) in [6, 6.07) is 14.4. The Morgan fingerprint density at radius 3 is 2.50 bits per heavy atom. The summed E-state index contributed by atoms with van der Waals surface area (Å²) < 4.78 is 11.0. The van der Waals surface area contributed by atoms with Crippen molar-refractivity contribution in [1.29, 1.82) is 0 Å². The molecule has 0 spiro atoms. The van der Waals surface area contributed by atoms with Gasteiger partial charge >= 0.3 is 0 Å². The van der Waals surface area contributed by atoms with Gasteiger partial charge in [0, 0.05) is 31.4 Å². The van der Waals surface area contributed by atoms with Crippen LogP contribution in [-0.2, 0) is 11.2 Å². The summed E-state index contributed by atoms with van der Waals surface area (Å²) in [5.41, 5.74) is 3.77. The fourth-order valence-corrected chi connectivity index (χ4v) is 5.75. The Labute approximate surface area is 183 Å². The quantitative estimate of drug-likeness (QED) is 0.694. The first kappa shape index (κ1) is 20.9. The van der Waals surface area contributed by atoms with E-state index in [-0.39, 0.29) is 5.91 Å². The van der Waals surface area contributed by atoms with E-state index in [4.69, 9.17) is 9.47 Å². The molecule has 2 aliphatic rings. The number of piperazine rings is 1. The Hall–Kier alpha value is -2.34. The summed E-state index contributed by atoms with van der Waals surface area (Å²) >= 11 is 1.78. The van der Waals surface area contributed by atoms with Crippen LogP contribution in [0, 0.1) is 0 Å². The Morgan fingerprint density at radius 2 is 1.73 bits per heavy atom. The molecule has 1 unspecified atom stereocenters. The van der Waals surface area contributed by atoms with Crippen LogP contribution < -0.4 is 14.4 Å². The van der Waals surface area contributed by atoms with Crippen molar-refractivity contribution in [3.63, 3.8) is 0 Å². The lowest BCUT2D eigenvalue weighted by Gasteiger charge is -2.37. The number of benzene rings is 2. The average Bonchev–Trinajstić information content (AvgIpc) is 2.82. The minimum atomic E-state index is 0.245. The second-order valence-electron chi connectivity index (χ2n) is 7.76. The monoisotopic (exact) mass is 426 g/mol. The highest BCUT2D eigenvalue weighted by molar-refractivity contribution is 8.00. The number of rotatable bonds is 6. The predicted molar refractivity (Wildman–Crippen MR) is 123 cm³/mol. The third-order valence-electron chi connectivity index (χ3n) is 6.10. The number of nitrogens with zero attached hydrogens (tertiary/aromatic N) is 2. The van der Waals surface area contributed by atoms with E-state index in [0.29, 0.717) is 11.0 Å². The molecule has 0 aromatic heterocycles. The number of hydrogen-bond acceptors (Lipinski definition) is 5. The summed E-state index contributed by atoms with van der Waals surface area (Å²) in [5, 5.41) is 0.377. The molecule has 0 radical (unpaired) electrons. The summed E-state index contributed by atoms with van der Waals surface area (Å²) in [5.74, 6) is 2.65. The van der Waals surface area contributed by atoms with Gasteiger partial charge in [-0.3, -0.25) is 4.79 Å². The Morgan fingerprint density at radius 1 is 1.00 bits per heavy atom. The minimum Gasteiger partial charge on any atom is -0.496 e. The van der Waals surface area contributed by atoms with E-state index in [9.17, 15) is 4.79 Å². The number of methoxy groups -OCH3 is 2. The van der Waals surface area contributed by atoms with Crippen LogP contribution in [0.2, 0.25) is 0 Å². The summed E-state index contributed by atoms with van der Waals surface area (Å²) in [7, 11) is 3.44. The van der Waals surface area contributed by atoms with Gasteiger partial charge in [-0.25, -0.2) is 0 Å². The molecule has 1 amide bonds. The molecule has 1 saturated heterocycles. The molecular formula is C24H30N2O3S. The van der Waals surface area contributed by atoms with Crippen molar-refractivity contribution < 1.29 is 14.3 Å². The van der Waals surface area contributed by atoms with Gasteiger partial charge in [0.2, 0.25) is 5.91 Å².